The van der Waals surface area contributed by atoms with E-state index >= 15 is 0 Å². The topological polar surface area (TPSA) is 33.1 Å². The molecule has 0 amide bonds. The molecule has 0 spiro atoms. The van der Waals surface area contributed by atoms with Crippen LogP contribution in [0.3, 0.4) is 0 Å². The highest BCUT2D eigenvalue weighted by atomic mass is 16.3. The Morgan fingerprint density at radius 1 is 1.11 bits per heavy atom. The SMILES string of the molecule is CCc1ccccc1C(O)C(C)c1ccncc1. The van der Waals surface area contributed by atoms with Gasteiger partial charge in [-0.15, -0.1) is 0 Å². The van der Waals surface area contributed by atoms with Gasteiger partial charge in [-0.3, -0.25) is 4.98 Å². The minimum absolute atomic E-state index is 0.0701. The third-order valence-corrected chi connectivity index (χ3v) is 3.46. The standard InChI is InChI=1S/C16H19NO/c1-3-13-6-4-5-7-15(13)16(18)12(2)14-8-10-17-11-9-14/h4-12,16,18H,3H2,1-2H3. The molecule has 1 N–H and O–H groups in total. The molecule has 2 nitrogen and oxygen atoms in total. The number of hydrogen-bond acceptors (Lipinski definition) is 2. The lowest BCUT2D eigenvalue weighted by Crippen LogP contribution is -2.10. The molecule has 2 unspecified atom stereocenters. The van der Waals surface area contributed by atoms with Crippen LogP contribution < -0.4 is 0 Å². The first kappa shape index (κ1) is 12.8. The minimum Gasteiger partial charge on any atom is -0.388 e. The largest absolute Gasteiger partial charge is 0.388 e. The van der Waals surface area contributed by atoms with E-state index in [0.29, 0.717) is 0 Å². The first-order valence-electron chi connectivity index (χ1n) is 6.39. The molecule has 0 saturated heterocycles. The van der Waals surface area contributed by atoms with Gasteiger partial charge >= 0.3 is 0 Å². The second-order valence-electron chi connectivity index (χ2n) is 4.57. The highest BCUT2D eigenvalue weighted by Gasteiger charge is 2.19. The van der Waals surface area contributed by atoms with Gasteiger partial charge in [0.1, 0.15) is 0 Å². The molecule has 18 heavy (non-hydrogen) atoms. The molecular weight excluding hydrogens is 222 g/mol. The van der Waals surface area contributed by atoms with Crippen LogP contribution in [0.25, 0.3) is 0 Å². The Bertz CT molecular complexity index is 495. The molecule has 2 heteroatoms. The summed E-state index contributed by atoms with van der Waals surface area (Å²) in [6.07, 6.45) is 4.01. The van der Waals surface area contributed by atoms with E-state index in [4.69, 9.17) is 0 Å². The van der Waals surface area contributed by atoms with Gasteiger partial charge in [0.15, 0.2) is 0 Å². The van der Waals surface area contributed by atoms with Crippen LogP contribution in [-0.2, 0) is 6.42 Å². The zero-order chi connectivity index (χ0) is 13.0. The third-order valence-electron chi connectivity index (χ3n) is 3.46. The van der Waals surface area contributed by atoms with Gasteiger partial charge in [0.2, 0.25) is 0 Å². The van der Waals surface area contributed by atoms with Crippen molar-refractivity contribution in [2.75, 3.05) is 0 Å². The molecule has 2 atom stereocenters. The van der Waals surface area contributed by atoms with E-state index in [9.17, 15) is 5.11 Å². The Morgan fingerprint density at radius 3 is 2.44 bits per heavy atom. The maximum Gasteiger partial charge on any atom is 0.0858 e. The highest BCUT2D eigenvalue weighted by Crippen LogP contribution is 2.32. The van der Waals surface area contributed by atoms with Gasteiger partial charge in [-0.25, -0.2) is 0 Å². The molecule has 0 saturated carbocycles. The van der Waals surface area contributed by atoms with Gasteiger partial charge in [-0.05, 0) is 35.2 Å². The van der Waals surface area contributed by atoms with Crippen molar-refractivity contribution in [1.29, 1.82) is 0 Å². The Kier molecular flexibility index (Phi) is 4.11. The summed E-state index contributed by atoms with van der Waals surface area (Å²) in [5.41, 5.74) is 3.36. The Hall–Kier alpha value is -1.67. The number of aromatic nitrogens is 1. The maximum absolute atomic E-state index is 10.5. The van der Waals surface area contributed by atoms with Gasteiger partial charge in [0.25, 0.3) is 0 Å². The Labute approximate surface area is 108 Å². The number of benzene rings is 1. The molecule has 2 rings (SSSR count). The van der Waals surface area contributed by atoms with Crippen molar-refractivity contribution in [3.63, 3.8) is 0 Å². The van der Waals surface area contributed by atoms with Crippen LogP contribution in [0.4, 0.5) is 0 Å². The van der Waals surface area contributed by atoms with Gasteiger partial charge in [-0.1, -0.05) is 38.1 Å². The van der Waals surface area contributed by atoms with Crippen LogP contribution in [0.5, 0.6) is 0 Å². The highest BCUT2D eigenvalue weighted by molar-refractivity contribution is 5.32. The molecule has 0 fully saturated rings. The van der Waals surface area contributed by atoms with E-state index in [1.807, 2.05) is 37.3 Å². The van der Waals surface area contributed by atoms with Gasteiger partial charge < -0.3 is 5.11 Å². The van der Waals surface area contributed by atoms with Gasteiger partial charge in [0.05, 0.1) is 6.10 Å². The van der Waals surface area contributed by atoms with E-state index in [1.165, 1.54) is 5.56 Å². The maximum atomic E-state index is 10.5. The summed E-state index contributed by atoms with van der Waals surface area (Å²) in [7, 11) is 0. The summed E-state index contributed by atoms with van der Waals surface area (Å²) >= 11 is 0. The Balaban J connectivity index is 2.28. The molecule has 0 radical (unpaired) electrons. The van der Waals surface area contributed by atoms with Crippen molar-refractivity contribution in [3.05, 3.63) is 65.5 Å². The van der Waals surface area contributed by atoms with Crippen LogP contribution in [-0.4, -0.2) is 10.1 Å². The molecule has 0 aliphatic heterocycles. The lowest BCUT2D eigenvalue weighted by molar-refractivity contribution is 0.150. The van der Waals surface area contributed by atoms with Crippen LogP contribution in [0.2, 0.25) is 0 Å². The summed E-state index contributed by atoms with van der Waals surface area (Å²) in [5, 5.41) is 10.5. The third kappa shape index (κ3) is 2.59. The second kappa shape index (κ2) is 5.78. The monoisotopic (exact) mass is 241 g/mol. The summed E-state index contributed by atoms with van der Waals surface area (Å²) in [4.78, 5) is 4.01. The average Bonchev–Trinajstić information content (AvgIpc) is 2.46. The van der Waals surface area contributed by atoms with Crippen LogP contribution in [0, 0.1) is 0 Å². The molecule has 1 aromatic heterocycles. The molecule has 1 aromatic carbocycles. The van der Waals surface area contributed by atoms with E-state index in [1.54, 1.807) is 12.4 Å². The van der Waals surface area contributed by atoms with Crippen LogP contribution in [0.1, 0.15) is 42.6 Å². The molecule has 0 bridgehead atoms. The summed E-state index contributed by atoms with van der Waals surface area (Å²) in [6.45, 7) is 4.16. The number of nitrogens with zero attached hydrogens (tertiary/aromatic N) is 1. The number of hydrogen-bond donors (Lipinski definition) is 1. The Morgan fingerprint density at radius 2 is 1.78 bits per heavy atom. The quantitative estimate of drug-likeness (QED) is 0.889. The van der Waals surface area contributed by atoms with Crippen molar-refractivity contribution in [2.45, 2.75) is 32.3 Å². The average molecular weight is 241 g/mol. The summed E-state index contributed by atoms with van der Waals surface area (Å²) < 4.78 is 0. The molecule has 0 aliphatic rings. The van der Waals surface area contributed by atoms with Gasteiger partial charge in [-0.2, -0.15) is 0 Å². The minimum atomic E-state index is -0.469. The van der Waals surface area contributed by atoms with E-state index < -0.39 is 6.10 Å². The number of aliphatic hydroxyl groups excluding tert-OH is 1. The summed E-state index contributed by atoms with van der Waals surface area (Å²) in [6, 6.07) is 12.0. The fourth-order valence-electron chi connectivity index (χ4n) is 2.26. The lowest BCUT2D eigenvalue weighted by Gasteiger charge is -2.21. The first-order valence-corrected chi connectivity index (χ1v) is 6.39. The lowest BCUT2D eigenvalue weighted by atomic mass is 9.88. The predicted octanol–water partition coefficient (Wildman–Crippen LogP) is 3.48. The molecule has 94 valence electrons. The molecule has 1 heterocycles. The van der Waals surface area contributed by atoms with Crippen molar-refractivity contribution in [3.8, 4) is 0 Å². The number of rotatable bonds is 4. The zero-order valence-electron chi connectivity index (χ0n) is 10.9. The number of aliphatic hydroxyl groups is 1. The fourth-order valence-corrected chi connectivity index (χ4v) is 2.26. The first-order chi connectivity index (χ1) is 8.74. The van der Waals surface area contributed by atoms with E-state index in [0.717, 1.165) is 17.5 Å². The van der Waals surface area contributed by atoms with Crippen LogP contribution in [0.15, 0.2) is 48.8 Å². The van der Waals surface area contributed by atoms with Crippen molar-refractivity contribution in [1.82, 2.24) is 4.98 Å². The zero-order valence-corrected chi connectivity index (χ0v) is 10.9. The van der Waals surface area contributed by atoms with Crippen molar-refractivity contribution < 1.29 is 5.11 Å². The number of aryl methyl sites for hydroxylation is 1. The van der Waals surface area contributed by atoms with Crippen LogP contribution >= 0.6 is 0 Å². The molecule has 2 aromatic rings. The molecule has 0 aliphatic carbocycles. The van der Waals surface area contributed by atoms with Crippen molar-refractivity contribution >= 4 is 0 Å². The number of pyridine rings is 1. The van der Waals surface area contributed by atoms with E-state index in [2.05, 4.69) is 18.0 Å². The fraction of sp³-hybridized carbons (Fsp3) is 0.312. The molecular formula is C16H19NO. The normalized spacial score (nSPS) is 14.2. The predicted molar refractivity (Wildman–Crippen MR) is 73.4 cm³/mol. The van der Waals surface area contributed by atoms with E-state index in [-0.39, 0.29) is 5.92 Å². The second-order valence-corrected chi connectivity index (χ2v) is 4.57. The summed E-state index contributed by atoms with van der Waals surface area (Å²) in [5.74, 6) is 0.0701. The van der Waals surface area contributed by atoms with Crippen molar-refractivity contribution in [2.24, 2.45) is 0 Å². The van der Waals surface area contributed by atoms with Gasteiger partial charge in [0, 0.05) is 18.3 Å². The smallest absolute Gasteiger partial charge is 0.0858 e.